The molecule has 0 saturated heterocycles. The first kappa shape index (κ1) is 15.9. The van der Waals surface area contributed by atoms with E-state index in [4.69, 9.17) is 4.74 Å². The highest BCUT2D eigenvalue weighted by Crippen LogP contribution is 2.20. The third-order valence-electron chi connectivity index (χ3n) is 3.38. The predicted molar refractivity (Wildman–Crippen MR) is 71.8 cm³/mol. The fourth-order valence-corrected chi connectivity index (χ4v) is 2.39. The van der Waals surface area contributed by atoms with Crippen molar-refractivity contribution in [1.82, 2.24) is 5.32 Å². The Labute approximate surface area is 102 Å². The quantitative estimate of drug-likeness (QED) is 0.619. The van der Waals surface area contributed by atoms with Crippen LogP contribution in [0.4, 0.5) is 0 Å². The van der Waals surface area contributed by atoms with Crippen LogP contribution in [0.2, 0.25) is 0 Å². The highest BCUT2D eigenvalue weighted by molar-refractivity contribution is 4.78. The summed E-state index contributed by atoms with van der Waals surface area (Å²) >= 11 is 0. The maximum atomic E-state index is 5.18. The normalized spacial score (nSPS) is 17.1. The maximum absolute atomic E-state index is 5.18. The van der Waals surface area contributed by atoms with E-state index in [2.05, 4.69) is 33.0 Å². The number of methoxy groups -OCH3 is 1. The molecule has 0 aromatic heterocycles. The monoisotopic (exact) mass is 229 g/mol. The number of hydrogen-bond acceptors (Lipinski definition) is 2. The number of hydrogen-bond donors (Lipinski definition) is 1. The first-order valence-electron chi connectivity index (χ1n) is 6.89. The van der Waals surface area contributed by atoms with Crippen LogP contribution >= 0.6 is 0 Å². The van der Waals surface area contributed by atoms with Crippen molar-refractivity contribution in [2.24, 2.45) is 11.8 Å². The van der Waals surface area contributed by atoms with Crippen LogP contribution in [0, 0.1) is 11.8 Å². The molecule has 0 saturated carbocycles. The molecule has 0 aliphatic carbocycles. The third kappa shape index (κ3) is 6.49. The zero-order chi connectivity index (χ0) is 12.4. The molecule has 2 heteroatoms. The molecule has 0 bridgehead atoms. The van der Waals surface area contributed by atoms with Crippen LogP contribution < -0.4 is 5.32 Å². The molecule has 0 amide bonds. The van der Waals surface area contributed by atoms with Crippen LogP contribution in [0.25, 0.3) is 0 Å². The van der Waals surface area contributed by atoms with Gasteiger partial charge in [-0.25, -0.2) is 0 Å². The summed E-state index contributed by atoms with van der Waals surface area (Å²) in [5.41, 5.74) is 0. The lowest BCUT2D eigenvalue weighted by atomic mass is 9.86. The van der Waals surface area contributed by atoms with Crippen LogP contribution in [-0.4, -0.2) is 26.3 Å². The van der Waals surface area contributed by atoms with Gasteiger partial charge < -0.3 is 10.1 Å². The van der Waals surface area contributed by atoms with E-state index in [0.717, 1.165) is 25.5 Å². The van der Waals surface area contributed by atoms with Crippen molar-refractivity contribution >= 4 is 0 Å². The first-order chi connectivity index (χ1) is 7.67. The summed E-state index contributed by atoms with van der Waals surface area (Å²) in [5, 5.41) is 3.71. The van der Waals surface area contributed by atoms with E-state index in [9.17, 15) is 0 Å². The second kappa shape index (κ2) is 10.1. The molecule has 98 valence electrons. The first-order valence-corrected chi connectivity index (χ1v) is 6.89. The fraction of sp³-hybridized carbons (Fsp3) is 1.00. The smallest absolute Gasteiger partial charge is 0.0465 e. The Morgan fingerprint density at radius 1 is 1.00 bits per heavy atom. The van der Waals surface area contributed by atoms with Gasteiger partial charge in [-0.05, 0) is 37.6 Å². The lowest BCUT2D eigenvalue weighted by molar-refractivity contribution is 0.158. The minimum absolute atomic E-state index is 0.648. The van der Waals surface area contributed by atoms with E-state index in [-0.39, 0.29) is 0 Å². The van der Waals surface area contributed by atoms with Crippen LogP contribution in [0.3, 0.4) is 0 Å². The Bertz CT molecular complexity index is 150. The van der Waals surface area contributed by atoms with Crippen LogP contribution in [0.15, 0.2) is 0 Å². The van der Waals surface area contributed by atoms with E-state index in [0.29, 0.717) is 12.0 Å². The van der Waals surface area contributed by atoms with Gasteiger partial charge >= 0.3 is 0 Å². The van der Waals surface area contributed by atoms with Crippen LogP contribution in [-0.2, 0) is 4.74 Å². The lowest BCUT2D eigenvalue weighted by Gasteiger charge is -2.30. The molecule has 0 rings (SSSR count). The zero-order valence-corrected chi connectivity index (χ0v) is 11.9. The molecule has 0 spiro atoms. The van der Waals surface area contributed by atoms with Crippen molar-refractivity contribution in [1.29, 1.82) is 0 Å². The summed E-state index contributed by atoms with van der Waals surface area (Å²) in [6, 6.07) is 0.648. The van der Waals surface area contributed by atoms with Crippen LogP contribution in [0.5, 0.6) is 0 Å². The minimum atomic E-state index is 0.648. The van der Waals surface area contributed by atoms with Gasteiger partial charge in [0.1, 0.15) is 0 Å². The van der Waals surface area contributed by atoms with Crippen molar-refractivity contribution in [3.05, 3.63) is 0 Å². The SMILES string of the molecule is CCCNC(C(C)CCC)C(C)CCOC. The third-order valence-corrected chi connectivity index (χ3v) is 3.38. The summed E-state index contributed by atoms with van der Waals surface area (Å²) in [6.45, 7) is 11.2. The van der Waals surface area contributed by atoms with Crippen molar-refractivity contribution < 1.29 is 4.74 Å². The van der Waals surface area contributed by atoms with Gasteiger partial charge in [0, 0.05) is 19.8 Å². The van der Waals surface area contributed by atoms with Gasteiger partial charge in [0.15, 0.2) is 0 Å². The van der Waals surface area contributed by atoms with Gasteiger partial charge in [-0.3, -0.25) is 0 Å². The Balaban J connectivity index is 4.15. The molecule has 3 atom stereocenters. The van der Waals surface area contributed by atoms with Crippen molar-refractivity contribution in [2.45, 2.75) is 59.4 Å². The summed E-state index contributed by atoms with van der Waals surface area (Å²) in [5.74, 6) is 1.47. The van der Waals surface area contributed by atoms with Gasteiger partial charge in [-0.15, -0.1) is 0 Å². The Kier molecular flexibility index (Phi) is 10.0. The molecule has 16 heavy (non-hydrogen) atoms. The summed E-state index contributed by atoms with van der Waals surface area (Å²) < 4.78 is 5.18. The molecular weight excluding hydrogens is 198 g/mol. The van der Waals surface area contributed by atoms with E-state index >= 15 is 0 Å². The number of ether oxygens (including phenoxy) is 1. The van der Waals surface area contributed by atoms with Gasteiger partial charge in [-0.2, -0.15) is 0 Å². The summed E-state index contributed by atoms with van der Waals surface area (Å²) in [7, 11) is 1.79. The molecule has 0 aromatic carbocycles. The largest absolute Gasteiger partial charge is 0.385 e. The average molecular weight is 229 g/mol. The highest BCUT2D eigenvalue weighted by Gasteiger charge is 2.21. The standard InChI is InChI=1S/C14H31NO/c1-6-8-12(3)14(15-10-7-2)13(4)9-11-16-5/h12-15H,6-11H2,1-5H3. The zero-order valence-electron chi connectivity index (χ0n) is 11.9. The predicted octanol–water partition coefficient (Wildman–Crippen LogP) is 3.46. The Hall–Kier alpha value is -0.0800. The summed E-state index contributed by atoms with van der Waals surface area (Å²) in [6.07, 6.45) is 4.97. The molecule has 0 fully saturated rings. The second-order valence-corrected chi connectivity index (χ2v) is 5.00. The van der Waals surface area contributed by atoms with Gasteiger partial charge in [-0.1, -0.05) is 34.1 Å². The Morgan fingerprint density at radius 3 is 2.12 bits per heavy atom. The summed E-state index contributed by atoms with van der Waals surface area (Å²) in [4.78, 5) is 0. The molecule has 0 radical (unpaired) electrons. The molecule has 0 aliphatic heterocycles. The number of nitrogens with one attached hydrogen (secondary N) is 1. The fourth-order valence-electron chi connectivity index (χ4n) is 2.39. The molecule has 1 N–H and O–H groups in total. The molecule has 0 aromatic rings. The lowest BCUT2D eigenvalue weighted by Crippen LogP contribution is -2.41. The molecule has 3 unspecified atom stereocenters. The number of rotatable bonds is 10. The minimum Gasteiger partial charge on any atom is -0.385 e. The van der Waals surface area contributed by atoms with Gasteiger partial charge in [0.2, 0.25) is 0 Å². The average Bonchev–Trinajstić information content (AvgIpc) is 2.27. The molecular formula is C14H31NO. The van der Waals surface area contributed by atoms with E-state index in [1.165, 1.54) is 19.3 Å². The van der Waals surface area contributed by atoms with Crippen molar-refractivity contribution in [3.8, 4) is 0 Å². The second-order valence-electron chi connectivity index (χ2n) is 5.00. The van der Waals surface area contributed by atoms with E-state index < -0.39 is 0 Å². The van der Waals surface area contributed by atoms with Gasteiger partial charge in [0.25, 0.3) is 0 Å². The van der Waals surface area contributed by atoms with E-state index in [1.807, 2.05) is 0 Å². The van der Waals surface area contributed by atoms with Crippen molar-refractivity contribution in [2.75, 3.05) is 20.3 Å². The molecule has 0 heterocycles. The van der Waals surface area contributed by atoms with Crippen LogP contribution in [0.1, 0.15) is 53.4 Å². The van der Waals surface area contributed by atoms with Crippen molar-refractivity contribution in [3.63, 3.8) is 0 Å². The topological polar surface area (TPSA) is 21.3 Å². The van der Waals surface area contributed by atoms with Gasteiger partial charge in [0.05, 0.1) is 0 Å². The Morgan fingerprint density at radius 2 is 1.62 bits per heavy atom. The van der Waals surface area contributed by atoms with E-state index in [1.54, 1.807) is 7.11 Å². The maximum Gasteiger partial charge on any atom is 0.0465 e. The molecule has 0 aliphatic rings. The highest BCUT2D eigenvalue weighted by atomic mass is 16.5. The molecule has 2 nitrogen and oxygen atoms in total.